The Morgan fingerprint density at radius 2 is 1.65 bits per heavy atom. The number of hydrogen-bond donors (Lipinski definition) is 2. The molecule has 0 bridgehead atoms. The zero-order valence-electron chi connectivity index (χ0n) is 18.9. The summed E-state index contributed by atoms with van der Waals surface area (Å²) < 4.78 is 39.0. The fourth-order valence-electron chi connectivity index (χ4n) is 3.79. The average molecular weight is 497 g/mol. The summed E-state index contributed by atoms with van der Waals surface area (Å²) in [5.41, 5.74) is 0.120. The average Bonchev–Trinajstić information content (AvgIpc) is 2.79. The van der Waals surface area contributed by atoms with E-state index in [1.165, 1.54) is 6.07 Å². The van der Waals surface area contributed by atoms with Crippen molar-refractivity contribution in [2.75, 3.05) is 44.6 Å². The molecule has 1 aliphatic heterocycles. The Labute approximate surface area is 202 Å². The lowest BCUT2D eigenvalue weighted by atomic mass is 10.1. The van der Waals surface area contributed by atoms with E-state index in [-0.39, 0.29) is 24.2 Å². The molecule has 1 unspecified atom stereocenters. The van der Waals surface area contributed by atoms with Crippen molar-refractivity contribution in [3.8, 4) is 0 Å². The van der Waals surface area contributed by atoms with E-state index in [2.05, 4.69) is 15.5 Å². The Balaban J connectivity index is 1.38. The van der Waals surface area contributed by atoms with Gasteiger partial charge in [-0.3, -0.25) is 14.5 Å². The SMILES string of the molecule is CC(NC(=O)CCN1CCN(CC(=O)Nc2ccc(Cl)c(C(F)(F)F)c2)CC1)c1ccccc1. The number of carbonyl (C=O) groups excluding carboxylic acids is 2. The number of benzene rings is 2. The molecular weight excluding hydrogens is 469 g/mol. The summed E-state index contributed by atoms with van der Waals surface area (Å²) >= 11 is 5.61. The van der Waals surface area contributed by atoms with Crippen LogP contribution in [0.2, 0.25) is 5.02 Å². The molecule has 1 fully saturated rings. The highest BCUT2D eigenvalue weighted by Gasteiger charge is 2.33. The number of piperazine rings is 1. The first kappa shape index (κ1) is 26.0. The van der Waals surface area contributed by atoms with Crippen LogP contribution in [0.4, 0.5) is 18.9 Å². The van der Waals surface area contributed by atoms with Crippen molar-refractivity contribution < 1.29 is 22.8 Å². The Hall–Kier alpha value is -2.62. The Bertz CT molecular complexity index is 980. The molecule has 1 aliphatic rings. The first-order valence-corrected chi connectivity index (χ1v) is 11.5. The monoisotopic (exact) mass is 496 g/mol. The fraction of sp³-hybridized carbons (Fsp3) is 0.417. The van der Waals surface area contributed by atoms with Crippen molar-refractivity contribution >= 4 is 29.1 Å². The summed E-state index contributed by atoms with van der Waals surface area (Å²) in [6.07, 6.45) is -4.21. The van der Waals surface area contributed by atoms with Crippen molar-refractivity contribution in [1.29, 1.82) is 0 Å². The summed E-state index contributed by atoms with van der Waals surface area (Å²) in [6.45, 7) is 5.31. The number of hydrogen-bond acceptors (Lipinski definition) is 4. The van der Waals surface area contributed by atoms with Gasteiger partial charge in [0, 0.05) is 44.8 Å². The quantitative estimate of drug-likeness (QED) is 0.575. The standard InChI is InChI=1S/C24H28ClF3N4O2/c1-17(18-5-3-2-4-6-18)29-22(33)9-10-31-11-13-32(14-12-31)16-23(34)30-19-7-8-21(25)20(15-19)24(26,27)28/h2-8,15,17H,9-14,16H2,1H3,(H,29,33)(H,30,34). The number of amides is 2. The summed E-state index contributed by atoms with van der Waals surface area (Å²) in [6, 6.07) is 13.0. The molecule has 2 N–H and O–H groups in total. The van der Waals surface area contributed by atoms with Gasteiger partial charge in [-0.2, -0.15) is 13.2 Å². The predicted octanol–water partition coefficient (Wildman–Crippen LogP) is 4.18. The smallest absolute Gasteiger partial charge is 0.350 e. The second-order valence-corrected chi connectivity index (χ2v) is 8.72. The van der Waals surface area contributed by atoms with Crippen LogP contribution in [0, 0.1) is 0 Å². The topological polar surface area (TPSA) is 64.7 Å². The third-order valence-corrected chi connectivity index (χ3v) is 6.05. The molecule has 6 nitrogen and oxygen atoms in total. The van der Waals surface area contributed by atoms with E-state index in [1.807, 2.05) is 42.2 Å². The van der Waals surface area contributed by atoms with Crippen molar-refractivity contribution in [2.24, 2.45) is 0 Å². The van der Waals surface area contributed by atoms with Crippen LogP contribution in [0.1, 0.15) is 30.5 Å². The van der Waals surface area contributed by atoms with Gasteiger partial charge in [-0.1, -0.05) is 41.9 Å². The molecule has 3 rings (SSSR count). The van der Waals surface area contributed by atoms with Gasteiger partial charge in [0.15, 0.2) is 0 Å². The Morgan fingerprint density at radius 3 is 2.29 bits per heavy atom. The first-order chi connectivity index (χ1) is 16.1. The lowest BCUT2D eigenvalue weighted by Crippen LogP contribution is -2.49. The fourth-order valence-corrected chi connectivity index (χ4v) is 4.02. The second-order valence-electron chi connectivity index (χ2n) is 8.31. The normalized spacial score (nSPS) is 16.1. The summed E-state index contributed by atoms with van der Waals surface area (Å²) in [4.78, 5) is 28.7. The minimum atomic E-state index is -4.59. The van der Waals surface area contributed by atoms with Crippen molar-refractivity contribution in [1.82, 2.24) is 15.1 Å². The molecule has 0 aromatic heterocycles. The van der Waals surface area contributed by atoms with Crippen LogP contribution in [0.3, 0.4) is 0 Å². The zero-order chi connectivity index (χ0) is 24.7. The van der Waals surface area contributed by atoms with Gasteiger partial charge in [-0.25, -0.2) is 0 Å². The maximum absolute atomic E-state index is 13.0. The van der Waals surface area contributed by atoms with Gasteiger partial charge >= 0.3 is 6.18 Å². The van der Waals surface area contributed by atoms with Crippen LogP contribution >= 0.6 is 11.6 Å². The van der Waals surface area contributed by atoms with E-state index in [9.17, 15) is 22.8 Å². The van der Waals surface area contributed by atoms with E-state index in [0.717, 1.165) is 17.7 Å². The number of nitrogens with one attached hydrogen (secondary N) is 2. The maximum Gasteiger partial charge on any atom is 0.417 e. The molecule has 0 spiro atoms. The van der Waals surface area contributed by atoms with Gasteiger partial charge < -0.3 is 15.5 Å². The molecule has 0 radical (unpaired) electrons. The molecule has 10 heteroatoms. The molecule has 184 valence electrons. The van der Waals surface area contributed by atoms with Gasteiger partial charge in [0.05, 0.1) is 23.2 Å². The molecule has 2 aromatic carbocycles. The van der Waals surface area contributed by atoms with Gasteiger partial charge in [-0.05, 0) is 30.7 Å². The minimum absolute atomic E-state index is 0.0145. The van der Waals surface area contributed by atoms with E-state index < -0.39 is 22.7 Å². The van der Waals surface area contributed by atoms with Crippen LogP contribution in [0.25, 0.3) is 0 Å². The third kappa shape index (κ3) is 7.72. The molecule has 2 amide bonds. The molecular formula is C24H28ClF3N4O2. The molecule has 0 saturated carbocycles. The molecule has 34 heavy (non-hydrogen) atoms. The third-order valence-electron chi connectivity index (χ3n) is 5.72. The number of anilines is 1. The number of alkyl halides is 3. The van der Waals surface area contributed by atoms with E-state index in [0.29, 0.717) is 39.1 Å². The summed E-state index contributed by atoms with van der Waals surface area (Å²) in [5.74, 6) is -0.405. The van der Waals surface area contributed by atoms with Crippen LogP contribution in [-0.4, -0.2) is 60.9 Å². The number of carbonyl (C=O) groups is 2. The van der Waals surface area contributed by atoms with Gasteiger partial charge in [0.2, 0.25) is 11.8 Å². The van der Waals surface area contributed by atoms with E-state index in [4.69, 9.17) is 11.6 Å². The highest BCUT2D eigenvalue weighted by Crippen LogP contribution is 2.36. The van der Waals surface area contributed by atoms with Crippen LogP contribution in [-0.2, 0) is 15.8 Å². The first-order valence-electron chi connectivity index (χ1n) is 11.1. The minimum Gasteiger partial charge on any atom is -0.350 e. The lowest BCUT2D eigenvalue weighted by molar-refractivity contribution is -0.137. The molecule has 1 atom stereocenters. The van der Waals surface area contributed by atoms with Crippen LogP contribution in [0.15, 0.2) is 48.5 Å². The highest BCUT2D eigenvalue weighted by molar-refractivity contribution is 6.31. The second kappa shape index (κ2) is 11.7. The van der Waals surface area contributed by atoms with Gasteiger partial charge in [0.1, 0.15) is 0 Å². The van der Waals surface area contributed by atoms with Gasteiger partial charge in [0.25, 0.3) is 0 Å². The van der Waals surface area contributed by atoms with E-state index >= 15 is 0 Å². The van der Waals surface area contributed by atoms with Gasteiger partial charge in [-0.15, -0.1) is 0 Å². The number of halogens is 4. The molecule has 1 saturated heterocycles. The number of nitrogens with zero attached hydrogens (tertiary/aromatic N) is 2. The summed E-state index contributed by atoms with van der Waals surface area (Å²) in [7, 11) is 0. The largest absolute Gasteiger partial charge is 0.417 e. The van der Waals surface area contributed by atoms with Crippen molar-refractivity contribution in [2.45, 2.75) is 25.6 Å². The Morgan fingerprint density at radius 1 is 1.00 bits per heavy atom. The molecule has 0 aliphatic carbocycles. The number of rotatable bonds is 8. The summed E-state index contributed by atoms with van der Waals surface area (Å²) in [5, 5.41) is 5.10. The van der Waals surface area contributed by atoms with Crippen molar-refractivity contribution in [3.05, 3.63) is 64.7 Å². The lowest BCUT2D eigenvalue weighted by Gasteiger charge is -2.34. The van der Waals surface area contributed by atoms with Crippen LogP contribution in [0.5, 0.6) is 0 Å². The maximum atomic E-state index is 13.0. The molecule has 2 aromatic rings. The molecule has 1 heterocycles. The Kier molecular flexibility index (Phi) is 8.93. The van der Waals surface area contributed by atoms with E-state index in [1.54, 1.807) is 0 Å². The highest BCUT2D eigenvalue weighted by atomic mass is 35.5. The van der Waals surface area contributed by atoms with Crippen LogP contribution < -0.4 is 10.6 Å². The zero-order valence-corrected chi connectivity index (χ0v) is 19.6. The predicted molar refractivity (Wildman–Crippen MR) is 126 cm³/mol. The van der Waals surface area contributed by atoms with Crippen molar-refractivity contribution in [3.63, 3.8) is 0 Å².